The first-order chi connectivity index (χ1) is 9.22. The van der Waals surface area contributed by atoms with Crippen LogP contribution in [0.5, 0.6) is 0 Å². The average molecular weight is 283 g/mol. The lowest BCUT2D eigenvalue weighted by atomic mass is 10.0. The highest BCUT2D eigenvalue weighted by atomic mass is 32.1. The van der Waals surface area contributed by atoms with Gasteiger partial charge < -0.3 is 5.32 Å². The Morgan fingerprint density at radius 2 is 2.26 bits per heavy atom. The summed E-state index contributed by atoms with van der Waals surface area (Å²) in [6, 6.07) is 2.10. The minimum atomic E-state index is -0.289. The molecule has 0 unspecified atom stereocenters. The van der Waals surface area contributed by atoms with E-state index in [1.807, 2.05) is 5.38 Å². The van der Waals surface area contributed by atoms with E-state index >= 15 is 0 Å². The van der Waals surface area contributed by atoms with E-state index in [4.69, 9.17) is 0 Å². The number of thiophene rings is 1. The lowest BCUT2D eigenvalue weighted by molar-refractivity contribution is -0.380. The van der Waals surface area contributed by atoms with Crippen LogP contribution in [0.3, 0.4) is 0 Å². The Morgan fingerprint density at radius 1 is 1.53 bits per heavy atom. The first-order valence-electron chi connectivity index (χ1n) is 6.90. The van der Waals surface area contributed by atoms with Crippen molar-refractivity contribution < 1.29 is 4.92 Å². The summed E-state index contributed by atoms with van der Waals surface area (Å²) in [7, 11) is 0. The fourth-order valence-electron chi connectivity index (χ4n) is 2.56. The summed E-state index contributed by atoms with van der Waals surface area (Å²) in [5.41, 5.74) is 1.12. The van der Waals surface area contributed by atoms with Gasteiger partial charge >= 0.3 is 5.00 Å². The zero-order valence-corrected chi connectivity index (χ0v) is 12.1. The van der Waals surface area contributed by atoms with Gasteiger partial charge in [0.2, 0.25) is 0 Å². The van der Waals surface area contributed by atoms with E-state index in [0.717, 1.165) is 51.0 Å². The monoisotopic (exact) mass is 283 g/mol. The smallest absolute Gasteiger partial charge is 0.314 e. The molecule has 1 aromatic heterocycles. The Hall–Kier alpha value is -0.980. The van der Waals surface area contributed by atoms with Crippen molar-refractivity contribution in [3.63, 3.8) is 0 Å². The zero-order valence-electron chi connectivity index (χ0n) is 11.3. The summed E-state index contributed by atoms with van der Waals surface area (Å²) in [6.45, 7) is 6.25. The largest absolute Gasteiger partial charge is 0.324 e. The molecule has 0 amide bonds. The highest BCUT2D eigenvalue weighted by Gasteiger charge is 2.24. The molecule has 2 heterocycles. The first-order valence-corrected chi connectivity index (χ1v) is 7.78. The molecule has 1 aliphatic heterocycles. The molecule has 1 atom stereocenters. The third-order valence-corrected chi connectivity index (χ3v) is 4.49. The second-order valence-electron chi connectivity index (χ2n) is 4.92. The van der Waals surface area contributed by atoms with Gasteiger partial charge in [0.15, 0.2) is 0 Å². The van der Waals surface area contributed by atoms with E-state index in [0.29, 0.717) is 6.04 Å². The molecule has 0 radical (unpaired) electrons. The molecule has 1 aromatic rings. The fourth-order valence-corrected chi connectivity index (χ4v) is 3.33. The number of unbranched alkanes of at least 4 members (excludes halogenated alkanes) is 1. The summed E-state index contributed by atoms with van der Waals surface area (Å²) in [4.78, 5) is 13.0. The summed E-state index contributed by atoms with van der Waals surface area (Å²) in [6.07, 6.45) is 3.41. The second-order valence-corrected chi connectivity index (χ2v) is 5.81. The van der Waals surface area contributed by atoms with Crippen molar-refractivity contribution in [2.75, 3.05) is 26.2 Å². The maximum atomic E-state index is 10.8. The van der Waals surface area contributed by atoms with Crippen LogP contribution in [0.4, 0.5) is 5.00 Å². The molecule has 106 valence electrons. The number of nitrogens with zero attached hydrogens (tertiary/aromatic N) is 2. The van der Waals surface area contributed by atoms with Crippen LogP contribution in [0.2, 0.25) is 0 Å². The summed E-state index contributed by atoms with van der Waals surface area (Å²) in [5.74, 6) is 0. The first kappa shape index (κ1) is 14.4. The van der Waals surface area contributed by atoms with E-state index in [9.17, 15) is 10.1 Å². The zero-order chi connectivity index (χ0) is 13.7. The predicted octanol–water partition coefficient (Wildman–Crippen LogP) is 2.79. The van der Waals surface area contributed by atoms with E-state index in [-0.39, 0.29) is 9.92 Å². The SMILES string of the molecule is CCCC[C@H](c1csc([N+](=O)[O-])c1)N1CCNCC1. The van der Waals surface area contributed by atoms with Gasteiger partial charge in [-0.05, 0) is 12.0 Å². The lowest BCUT2D eigenvalue weighted by Crippen LogP contribution is -2.45. The molecule has 0 aromatic carbocycles. The Balaban J connectivity index is 2.12. The quantitative estimate of drug-likeness (QED) is 0.644. The van der Waals surface area contributed by atoms with Crippen LogP contribution in [0.1, 0.15) is 37.8 Å². The minimum absolute atomic E-state index is 0.256. The van der Waals surface area contributed by atoms with E-state index in [2.05, 4.69) is 17.1 Å². The highest BCUT2D eigenvalue weighted by Crippen LogP contribution is 2.33. The number of rotatable bonds is 6. The van der Waals surface area contributed by atoms with Crippen LogP contribution >= 0.6 is 11.3 Å². The molecule has 1 fully saturated rings. The minimum Gasteiger partial charge on any atom is -0.314 e. The Kier molecular flexibility index (Phi) is 5.30. The van der Waals surface area contributed by atoms with Crippen LogP contribution in [-0.4, -0.2) is 36.0 Å². The fraction of sp³-hybridized carbons (Fsp3) is 0.692. The standard InChI is InChI=1S/C13H21N3O2S/c1-2-3-4-12(15-7-5-14-6-8-15)11-9-13(16(17)18)19-10-11/h9-10,12,14H,2-8H2,1H3/t12-/m1/s1. The van der Waals surface area contributed by atoms with Crippen molar-refractivity contribution in [3.05, 3.63) is 27.1 Å². The van der Waals surface area contributed by atoms with E-state index < -0.39 is 0 Å². The highest BCUT2D eigenvalue weighted by molar-refractivity contribution is 7.13. The van der Waals surface area contributed by atoms with Crippen molar-refractivity contribution in [1.29, 1.82) is 0 Å². The predicted molar refractivity (Wildman–Crippen MR) is 77.7 cm³/mol. The van der Waals surface area contributed by atoms with Crippen molar-refractivity contribution >= 4 is 16.3 Å². The molecular formula is C13H21N3O2S. The van der Waals surface area contributed by atoms with Crippen LogP contribution in [-0.2, 0) is 0 Å². The van der Waals surface area contributed by atoms with Crippen LogP contribution in [0.25, 0.3) is 0 Å². The molecule has 5 nitrogen and oxygen atoms in total. The average Bonchev–Trinajstić information content (AvgIpc) is 2.90. The number of hydrogen-bond acceptors (Lipinski definition) is 5. The molecule has 1 aliphatic rings. The van der Waals surface area contributed by atoms with Gasteiger partial charge in [0.05, 0.1) is 4.92 Å². The molecular weight excluding hydrogens is 262 g/mol. The van der Waals surface area contributed by atoms with Gasteiger partial charge in [-0.2, -0.15) is 0 Å². The maximum absolute atomic E-state index is 10.8. The molecule has 1 N–H and O–H groups in total. The maximum Gasteiger partial charge on any atom is 0.324 e. The van der Waals surface area contributed by atoms with Crippen LogP contribution in [0.15, 0.2) is 11.4 Å². The molecule has 19 heavy (non-hydrogen) atoms. The molecule has 0 aliphatic carbocycles. The van der Waals surface area contributed by atoms with Gasteiger partial charge in [-0.25, -0.2) is 0 Å². The molecule has 0 bridgehead atoms. The normalized spacial score (nSPS) is 18.4. The number of nitro groups is 1. The van der Waals surface area contributed by atoms with Crippen molar-refractivity contribution in [1.82, 2.24) is 10.2 Å². The topological polar surface area (TPSA) is 58.4 Å². The van der Waals surface area contributed by atoms with Gasteiger partial charge in [-0.1, -0.05) is 31.1 Å². The summed E-state index contributed by atoms with van der Waals surface area (Å²) >= 11 is 1.24. The van der Waals surface area contributed by atoms with Gasteiger partial charge in [0, 0.05) is 43.7 Å². The molecule has 6 heteroatoms. The molecule has 0 spiro atoms. The molecule has 2 rings (SSSR count). The van der Waals surface area contributed by atoms with Crippen LogP contribution < -0.4 is 5.32 Å². The van der Waals surface area contributed by atoms with E-state index in [1.165, 1.54) is 11.3 Å². The van der Waals surface area contributed by atoms with Gasteiger partial charge in [-0.3, -0.25) is 15.0 Å². The van der Waals surface area contributed by atoms with Crippen molar-refractivity contribution in [2.24, 2.45) is 0 Å². The summed E-state index contributed by atoms with van der Waals surface area (Å²) in [5, 5.41) is 16.4. The van der Waals surface area contributed by atoms with Crippen molar-refractivity contribution in [2.45, 2.75) is 32.2 Å². The number of nitrogens with one attached hydrogen (secondary N) is 1. The van der Waals surface area contributed by atoms with Crippen molar-refractivity contribution in [3.8, 4) is 0 Å². The Labute approximate surface area is 117 Å². The second kappa shape index (κ2) is 6.98. The lowest BCUT2D eigenvalue weighted by Gasteiger charge is -2.34. The van der Waals surface area contributed by atoms with Crippen LogP contribution in [0, 0.1) is 10.1 Å². The van der Waals surface area contributed by atoms with E-state index in [1.54, 1.807) is 6.07 Å². The summed E-state index contributed by atoms with van der Waals surface area (Å²) < 4.78 is 0. The molecule has 1 saturated heterocycles. The Morgan fingerprint density at radius 3 is 2.84 bits per heavy atom. The number of piperazine rings is 1. The Bertz CT molecular complexity index is 416. The van der Waals surface area contributed by atoms with Gasteiger partial charge in [0.1, 0.15) is 0 Å². The third kappa shape index (κ3) is 3.75. The van der Waals surface area contributed by atoms with Gasteiger partial charge in [-0.15, -0.1) is 0 Å². The third-order valence-electron chi connectivity index (χ3n) is 3.59. The number of hydrogen-bond donors (Lipinski definition) is 1. The van der Waals surface area contributed by atoms with Gasteiger partial charge in [0.25, 0.3) is 0 Å². The molecule has 0 saturated carbocycles.